The quantitative estimate of drug-likeness (QED) is 0.858. The Kier molecular flexibility index (Phi) is 5.18. The Labute approximate surface area is 135 Å². The molecule has 3 N–H and O–H groups in total. The van der Waals surface area contributed by atoms with Gasteiger partial charge in [-0.3, -0.25) is 9.59 Å². The van der Waals surface area contributed by atoms with Crippen molar-refractivity contribution in [3.63, 3.8) is 0 Å². The fourth-order valence-electron chi connectivity index (χ4n) is 2.37. The Hall–Kier alpha value is -1.47. The second-order valence-electron chi connectivity index (χ2n) is 6.54. The summed E-state index contributed by atoms with van der Waals surface area (Å²) in [5.41, 5.74) is 6.51. The zero-order valence-corrected chi connectivity index (χ0v) is 14.2. The molecular weight excluding hydrogens is 300 g/mol. The number of nitrogens with one attached hydrogen (secondary N) is 1. The van der Waals surface area contributed by atoms with Crippen LogP contribution in [0.3, 0.4) is 0 Å². The normalized spacial score (nSPS) is 21.4. The van der Waals surface area contributed by atoms with Gasteiger partial charge in [0.1, 0.15) is 0 Å². The van der Waals surface area contributed by atoms with Crippen molar-refractivity contribution < 1.29 is 9.59 Å². The van der Waals surface area contributed by atoms with Gasteiger partial charge in [-0.25, -0.2) is 4.98 Å². The fourth-order valence-corrected chi connectivity index (χ4v) is 3.08. The number of carbonyl (C=O) groups excluding carboxylic acids is 2. The first-order valence-electron chi connectivity index (χ1n) is 7.56. The number of rotatable bonds is 5. The maximum absolute atomic E-state index is 12.3. The Morgan fingerprint density at radius 2 is 2.27 bits per heavy atom. The van der Waals surface area contributed by atoms with Crippen LogP contribution in [0.25, 0.3) is 0 Å². The van der Waals surface area contributed by atoms with E-state index in [0.29, 0.717) is 23.9 Å². The second-order valence-corrected chi connectivity index (χ2v) is 7.40. The van der Waals surface area contributed by atoms with E-state index in [2.05, 4.69) is 17.2 Å². The number of likely N-dealkylation sites (tertiary alicyclic amines) is 1. The van der Waals surface area contributed by atoms with Crippen molar-refractivity contribution in [3.8, 4) is 0 Å². The lowest BCUT2D eigenvalue weighted by Gasteiger charge is -2.22. The van der Waals surface area contributed by atoms with Gasteiger partial charge in [-0.15, -0.1) is 11.3 Å². The summed E-state index contributed by atoms with van der Waals surface area (Å²) in [6, 6.07) is 0. The summed E-state index contributed by atoms with van der Waals surface area (Å²) in [6.07, 6.45) is 1.22. The molecule has 0 aromatic carbocycles. The standard InChI is InChI=1S/C15H24N4O2S/c1-10(2)13(21)18-14-17-11(7-22-14)6-12(20)19-5-4-15(3,8-16)9-19/h7,10H,4-6,8-9,16H2,1-3H3,(H,17,18,21). The molecular formula is C15H24N4O2S. The Bertz CT molecular complexity index is 557. The number of carbonyl (C=O) groups is 2. The van der Waals surface area contributed by atoms with Gasteiger partial charge in [0.05, 0.1) is 12.1 Å². The highest BCUT2D eigenvalue weighted by Gasteiger charge is 2.34. The second kappa shape index (κ2) is 6.75. The molecule has 0 bridgehead atoms. The van der Waals surface area contributed by atoms with E-state index in [1.807, 2.05) is 24.1 Å². The van der Waals surface area contributed by atoms with Gasteiger partial charge in [-0.1, -0.05) is 20.8 Å². The first kappa shape index (κ1) is 16.9. The van der Waals surface area contributed by atoms with Crippen molar-refractivity contribution in [3.05, 3.63) is 11.1 Å². The molecule has 0 saturated carbocycles. The van der Waals surface area contributed by atoms with Crippen LogP contribution in [-0.4, -0.2) is 41.3 Å². The minimum atomic E-state index is -0.0903. The molecule has 2 rings (SSSR count). The molecule has 0 spiro atoms. The smallest absolute Gasteiger partial charge is 0.228 e. The predicted octanol–water partition coefficient (Wildman–Crippen LogP) is 1.48. The molecule has 1 aliphatic heterocycles. The predicted molar refractivity (Wildman–Crippen MR) is 87.6 cm³/mol. The van der Waals surface area contributed by atoms with E-state index in [0.717, 1.165) is 13.0 Å². The summed E-state index contributed by atoms with van der Waals surface area (Å²) in [5, 5.41) is 5.13. The number of nitrogens with two attached hydrogens (primary N) is 1. The van der Waals surface area contributed by atoms with Gasteiger partial charge in [0.15, 0.2) is 5.13 Å². The van der Waals surface area contributed by atoms with Gasteiger partial charge in [-0.05, 0) is 18.4 Å². The average molecular weight is 324 g/mol. The van der Waals surface area contributed by atoms with Gasteiger partial charge in [0.25, 0.3) is 0 Å². The van der Waals surface area contributed by atoms with Crippen molar-refractivity contribution in [2.75, 3.05) is 25.0 Å². The number of thiazole rings is 1. The van der Waals surface area contributed by atoms with Crippen LogP contribution in [0.5, 0.6) is 0 Å². The maximum atomic E-state index is 12.3. The largest absolute Gasteiger partial charge is 0.342 e. The minimum absolute atomic E-state index is 0.0358. The van der Waals surface area contributed by atoms with Crippen LogP contribution < -0.4 is 11.1 Å². The van der Waals surface area contributed by atoms with E-state index in [4.69, 9.17) is 5.73 Å². The van der Waals surface area contributed by atoms with Crippen molar-refractivity contribution in [1.29, 1.82) is 0 Å². The molecule has 1 saturated heterocycles. The van der Waals surface area contributed by atoms with Gasteiger partial charge < -0.3 is 16.0 Å². The minimum Gasteiger partial charge on any atom is -0.342 e. The first-order chi connectivity index (χ1) is 10.3. The Morgan fingerprint density at radius 3 is 2.86 bits per heavy atom. The molecule has 2 amide bonds. The van der Waals surface area contributed by atoms with E-state index < -0.39 is 0 Å². The molecule has 22 heavy (non-hydrogen) atoms. The van der Waals surface area contributed by atoms with E-state index in [-0.39, 0.29) is 29.6 Å². The van der Waals surface area contributed by atoms with Crippen LogP contribution in [0.2, 0.25) is 0 Å². The third kappa shape index (κ3) is 4.04. The highest BCUT2D eigenvalue weighted by molar-refractivity contribution is 7.13. The first-order valence-corrected chi connectivity index (χ1v) is 8.44. The summed E-state index contributed by atoms with van der Waals surface area (Å²) in [4.78, 5) is 30.1. The summed E-state index contributed by atoms with van der Waals surface area (Å²) in [7, 11) is 0. The maximum Gasteiger partial charge on any atom is 0.228 e. The number of aromatic nitrogens is 1. The van der Waals surface area contributed by atoms with Crippen LogP contribution in [0, 0.1) is 11.3 Å². The van der Waals surface area contributed by atoms with Crippen LogP contribution in [0.15, 0.2) is 5.38 Å². The van der Waals surface area contributed by atoms with Crippen LogP contribution in [-0.2, 0) is 16.0 Å². The highest BCUT2D eigenvalue weighted by Crippen LogP contribution is 2.29. The summed E-state index contributed by atoms with van der Waals surface area (Å²) in [5.74, 6) is -0.0813. The summed E-state index contributed by atoms with van der Waals surface area (Å²) >= 11 is 1.35. The SMILES string of the molecule is CC(C)C(=O)Nc1nc(CC(=O)N2CCC(C)(CN)C2)cs1. The lowest BCUT2D eigenvalue weighted by atomic mass is 9.90. The van der Waals surface area contributed by atoms with Crippen molar-refractivity contribution in [2.24, 2.45) is 17.1 Å². The van der Waals surface area contributed by atoms with E-state index in [9.17, 15) is 9.59 Å². The van der Waals surface area contributed by atoms with E-state index in [1.165, 1.54) is 11.3 Å². The van der Waals surface area contributed by atoms with Crippen LogP contribution >= 0.6 is 11.3 Å². The highest BCUT2D eigenvalue weighted by atomic mass is 32.1. The molecule has 1 aliphatic rings. The monoisotopic (exact) mass is 324 g/mol. The van der Waals surface area contributed by atoms with E-state index in [1.54, 1.807) is 0 Å². The van der Waals surface area contributed by atoms with Gasteiger partial charge in [0, 0.05) is 24.4 Å². The molecule has 1 aromatic rings. The zero-order valence-electron chi connectivity index (χ0n) is 13.4. The summed E-state index contributed by atoms with van der Waals surface area (Å²) in [6.45, 7) is 7.84. The van der Waals surface area contributed by atoms with Crippen molar-refractivity contribution >= 4 is 28.3 Å². The van der Waals surface area contributed by atoms with Crippen molar-refractivity contribution in [2.45, 2.75) is 33.6 Å². The molecule has 7 heteroatoms. The Morgan fingerprint density at radius 1 is 1.55 bits per heavy atom. The van der Waals surface area contributed by atoms with Crippen LogP contribution in [0.4, 0.5) is 5.13 Å². The molecule has 1 unspecified atom stereocenters. The molecule has 2 heterocycles. The molecule has 122 valence electrons. The summed E-state index contributed by atoms with van der Waals surface area (Å²) < 4.78 is 0. The van der Waals surface area contributed by atoms with Crippen molar-refractivity contribution in [1.82, 2.24) is 9.88 Å². The van der Waals surface area contributed by atoms with Gasteiger partial charge in [-0.2, -0.15) is 0 Å². The average Bonchev–Trinajstić information content (AvgIpc) is 3.06. The topological polar surface area (TPSA) is 88.3 Å². The molecule has 1 fully saturated rings. The third-order valence-corrected chi connectivity index (χ3v) is 4.85. The molecule has 1 aromatic heterocycles. The number of anilines is 1. The van der Waals surface area contributed by atoms with Gasteiger partial charge in [0.2, 0.25) is 11.8 Å². The lowest BCUT2D eigenvalue weighted by molar-refractivity contribution is -0.129. The molecule has 1 atom stereocenters. The van der Waals surface area contributed by atoms with E-state index >= 15 is 0 Å². The third-order valence-electron chi connectivity index (χ3n) is 4.04. The zero-order chi connectivity index (χ0) is 16.3. The molecule has 6 nitrogen and oxygen atoms in total. The Balaban J connectivity index is 1.90. The number of nitrogens with zero attached hydrogens (tertiary/aromatic N) is 2. The number of amides is 2. The van der Waals surface area contributed by atoms with Crippen LogP contribution in [0.1, 0.15) is 32.9 Å². The lowest BCUT2D eigenvalue weighted by Crippen LogP contribution is -2.35. The fraction of sp³-hybridized carbons (Fsp3) is 0.667. The van der Waals surface area contributed by atoms with Gasteiger partial charge >= 0.3 is 0 Å². The molecule has 0 aliphatic carbocycles. The molecule has 0 radical (unpaired) electrons. The number of hydrogen-bond acceptors (Lipinski definition) is 5. The number of hydrogen-bond donors (Lipinski definition) is 2.